The average Bonchev–Trinajstić information content (AvgIpc) is 2.30. The summed E-state index contributed by atoms with van der Waals surface area (Å²) >= 11 is 11.1. The van der Waals surface area contributed by atoms with Gasteiger partial charge >= 0.3 is 0 Å². The van der Waals surface area contributed by atoms with Gasteiger partial charge in [-0.25, -0.2) is 4.39 Å². The van der Waals surface area contributed by atoms with Crippen LogP contribution in [-0.4, -0.2) is 27.4 Å². The van der Waals surface area contributed by atoms with Crippen LogP contribution in [0.4, 0.5) is 4.39 Å². The van der Waals surface area contributed by atoms with Gasteiger partial charge in [-0.15, -0.1) is 0 Å². The second-order valence-corrected chi connectivity index (χ2v) is 6.23. The SMILES string of the molecule is CS(=O)(=O)OC(CC=CCl)COc1cc(F)cc(Cl)c1. The lowest BCUT2D eigenvalue weighted by molar-refractivity contribution is 0.137. The molecule has 0 saturated heterocycles. The van der Waals surface area contributed by atoms with Crippen molar-refractivity contribution in [1.82, 2.24) is 0 Å². The maximum atomic E-state index is 13.1. The van der Waals surface area contributed by atoms with E-state index in [0.29, 0.717) is 0 Å². The van der Waals surface area contributed by atoms with E-state index in [1.807, 2.05) is 0 Å². The Balaban J connectivity index is 2.69. The lowest BCUT2D eigenvalue weighted by Crippen LogP contribution is -2.24. The molecule has 20 heavy (non-hydrogen) atoms. The second-order valence-electron chi connectivity index (χ2n) is 3.94. The van der Waals surface area contributed by atoms with Crippen molar-refractivity contribution < 1.29 is 21.7 Å². The highest BCUT2D eigenvalue weighted by Gasteiger charge is 2.15. The highest BCUT2D eigenvalue weighted by Crippen LogP contribution is 2.20. The van der Waals surface area contributed by atoms with Gasteiger partial charge < -0.3 is 4.74 Å². The summed E-state index contributed by atoms with van der Waals surface area (Å²) in [5, 5.41) is 0.182. The van der Waals surface area contributed by atoms with E-state index in [0.717, 1.165) is 18.4 Å². The van der Waals surface area contributed by atoms with Crippen LogP contribution >= 0.6 is 23.2 Å². The minimum absolute atomic E-state index is 0.0892. The monoisotopic (exact) mass is 342 g/mol. The van der Waals surface area contributed by atoms with Crippen molar-refractivity contribution in [3.05, 3.63) is 40.7 Å². The van der Waals surface area contributed by atoms with Gasteiger partial charge in [-0.1, -0.05) is 29.3 Å². The zero-order chi connectivity index (χ0) is 15.2. The largest absolute Gasteiger partial charge is 0.491 e. The summed E-state index contributed by atoms with van der Waals surface area (Å²) in [4.78, 5) is 0. The molecule has 1 atom stereocenters. The standard InChI is InChI=1S/C12H13Cl2FO4S/c1-20(16,17)19-11(3-2-4-13)8-18-12-6-9(14)5-10(15)7-12/h2,4-7,11H,3,8H2,1H3. The summed E-state index contributed by atoms with van der Waals surface area (Å²) in [5.41, 5.74) is 1.25. The van der Waals surface area contributed by atoms with Crippen LogP contribution in [0, 0.1) is 5.82 Å². The Kier molecular flexibility index (Phi) is 6.75. The number of benzene rings is 1. The Bertz CT molecular complexity index is 555. The Morgan fingerprint density at radius 3 is 2.65 bits per heavy atom. The van der Waals surface area contributed by atoms with Crippen molar-refractivity contribution in [1.29, 1.82) is 0 Å². The number of ether oxygens (including phenoxy) is 1. The topological polar surface area (TPSA) is 52.6 Å². The van der Waals surface area contributed by atoms with Crippen LogP contribution < -0.4 is 4.74 Å². The maximum absolute atomic E-state index is 13.1. The van der Waals surface area contributed by atoms with Crippen LogP contribution in [0.2, 0.25) is 5.02 Å². The molecule has 0 radical (unpaired) electrons. The number of rotatable bonds is 7. The van der Waals surface area contributed by atoms with Crippen molar-refractivity contribution in [3.63, 3.8) is 0 Å². The number of hydrogen-bond donors (Lipinski definition) is 0. The molecule has 0 aliphatic rings. The van der Waals surface area contributed by atoms with Gasteiger partial charge in [0.2, 0.25) is 0 Å². The predicted molar refractivity (Wildman–Crippen MR) is 76.2 cm³/mol. The molecule has 0 fully saturated rings. The van der Waals surface area contributed by atoms with Crippen LogP contribution in [-0.2, 0) is 14.3 Å². The summed E-state index contributed by atoms with van der Waals surface area (Å²) in [6.45, 7) is -0.0892. The molecule has 0 aromatic heterocycles. The maximum Gasteiger partial charge on any atom is 0.264 e. The highest BCUT2D eigenvalue weighted by atomic mass is 35.5. The summed E-state index contributed by atoms with van der Waals surface area (Å²) < 4.78 is 45.4. The van der Waals surface area contributed by atoms with E-state index >= 15 is 0 Å². The first-order valence-electron chi connectivity index (χ1n) is 5.52. The normalized spacial score (nSPS) is 13.6. The van der Waals surface area contributed by atoms with E-state index in [4.69, 9.17) is 32.1 Å². The summed E-state index contributed by atoms with van der Waals surface area (Å²) in [6.07, 6.45) is 1.93. The zero-order valence-electron chi connectivity index (χ0n) is 10.6. The molecule has 0 heterocycles. The van der Waals surface area contributed by atoms with Crippen molar-refractivity contribution in [3.8, 4) is 5.75 Å². The number of hydrogen-bond acceptors (Lipinski definition) is 4. The van der Waals surface area contributed by atoms with E-state index in [2.05, 4.69) is 0 Å². The molecule has 1 aromatic carbocycles. The van der Waals surface area contributed by atoms with Crippen molar-refractivity contribution in [2.24, 2.45) is 0 Å². The first-order valence-corrected chi connectivity index (χ1v) is 8.15. The Morgan fingerprint density at radius 2 is 2.10 bits per heavy atom. The van der Waals surface area contributed by atoms with Gasteiger partial charge in [-0.05, 0) is 18.6 Å². The fourth-order valence-electron chi connectivity index (χ4n) is 1.39. The molecule has 0 spiro atoms. The fourth-order valence-corrected chi connectivity index (χ4v) is 2.33. The van der Waals surface area contributed by atoms with Crippen molar-refractivity contribution >= 4 is 33.3 Å². The first kappa shape index (κ1) is 17.2. The van der Waals surface area contributed by atoms with E-state index in [-0.39, 0.29) is 23.8 Å². The quantitative estimate of drug-likeness (QED) is 0.713. The Morgan fingerprint density at radius 1 is 1.40 bits per heavy atom. The smallest absolute Gasteiger partial charge is 0.264 e. The molecule has 0 bridgehead atoms. The van der Waals surface area contributed by atoms with Gasteiger partial charge in [0.05, 0.1) is 6.26 Å². The number of halogens is 3. The Labute approximate surface area is 127 Å². The van der Waals surface area contributed by atoms with Crippen LogP contribution in [0.3, 0.4) is 0 Å². The van der Waals surface area contributed by atoms with E-state index in [1.165, 1.54) is 17.7 Å². The van der Waals surface area contributed by atoms with Crippen LogP contribution in [0.5, 0.6) is 5.75 Å². The van der Waals surface area contributed by atoms with Gasteiger partial charge in [-0.2, -0.15) is 8.42 Å². The van der Waals surface area contributed by atoms with Crippen molar-refractivity contribution in [2.75, 3.05) is 12.9 Å². The van der Waals surface area contributed by atoms with Gasteiger partial charge in [0.15, 0.2) is 0 Å². The van der Waals surface area contributed by atoms with Gasteiger partial charge in [-0.3, -0.25) is 4.18 Å². The molecule has 1 unspecified atom stereocenters. The van der Waals surface area contributed by atoms with Gasteiger partial charge in [0.25, 0.3) is 10.1 Å². The molecule has 1 rings (SSSR count). The lowest BCUT2D eigenvalue weighted by Gasteiger charge is -2.15. The molecule has 4 nitrogen and oxygen atoms in total. The molecule has 0 amide bonds. The van der Waals surface area contributed by atoms with Crippen LogP contribution in [0.25, 0.3) is 0 Å². The summed E-state index contributed by atoms with van der Waals surface area (Å²) in [7, 11) is -3.63. The Hall–Kier alpha value is -0.820. The predicted octanol–water partition coefficient (Wildman–Crippen LogP) is 3.35. The molecule has 112 valence electrons. The molecule has 0 N–H and O–H groups in total. The molecular formula is C12H13Cl2FO4S. The molecule has 1 aromatic rings. The van der Waals surface area contributed by atoms with E-state index < -0.39 is 22.0 Å². The minimum atomic E-state index is -3.63. The van der Waals surface area contributed by atoms with Gasteiger partial charge in [0, 0.05) is 16.6 Å². The zero-order valence-corrected chi connectivity index (χ0v) is 12.9. The molecule has 0 aliphatic carbocycles. The van der Waals surface area contributed by atoms with E-state index in [1.54, 1.807) is 0 Å². The average molecular weight is 343 g/mol. The molecule has 0 saturated carbocycles. The van der Waals surface area contributed by atoms with Crippen molar-refractivity contribution in [2.45, 2.75) is 12.5 Å². The summed E-state index contributed by atoms with van der Waals surface area (Å²) in [6, 6.07) is 3.69. The molecular weight excluding hydrogens is 330 g/mol. The molecule has 0 aliphatic heterocycles. The minimum Gasteiger partial charge on any atom is -0.491 e. The van der Waals surface area contributed by atoms with Gasteiger partial charge in [0.1, 0.15) is 24.3 Å². The third-order valence-electron chi connectivity index (χ3n) is 2.07. The summed E-state index contributed by atoms with van der Waals surface area (Å²) in [5.74, 6) is -0.360. The third kappa shape index (κ3) is 7.09. The molecule has 8 heteroatoms. The first-order chi connectivity index (χ1) is 9.30. The second kappa shape index (κ2) is 7.83. The van der Waals surface area contributed by atoms with Crippen LogP contribution in [0.15, 0.2) is 29.8 Å². The fraction of sp³-hybridized carbons (Fsp3) is 0.333. The highest BCUT2D eigenvalue weighted by molar-refractivity contribution is 7.86. The van der Waals surface area contributed by atoms with E-state index in [9.17, 15) is 12.8 Å². The third-order valence-corrected chi connectivity index (χ3v) is 3.09. The van der Waals surface area contributed by atoms with Crippen LogP contribution in [0.1, 0.15) is 6.42 Å². The lowest BCUT2D eigenvalue weighted by atomic mass is 10.2.